The van der Waals surface area contributed by atoms with E-state index < -0.39 is 11.8 Å². The quantitative estimate of drug-likeness (QED) is 0.914. The molecule has 0 atom stereocenters. The van der Waals surface area contributed by atoms with Gasteiger partial charge in [0, 0.05) is 16.9 Å². The Balaban J connectivity index is 2.20. The number of nitrogens with one attached hydrogen (secondary N) is 1. The second-order valence-electron chi connectivity index (χ2n) is 3.87. The molecule has 3 N–H and O–H groups in total. The van der Waals surface area contributed by atoms with Crippen LogP contribution in [0.4, 0.5) is 5.69 Å². The molecule has 0 aliphatic heterocycles. The van der Waals surface area contributed by atoms with E-state index in [-0.39, 0.29) is 16.3 Å². The van der Waals surface area contributed by atoms with Gasteiger partial charge >= 0.3 is 0 Å². The van der Waals surface area contributed by atoms with Crippen LogP contribution >= 0.6 is 23.2 Å². The maximum Gasteiger partial charge on any atom is 0.274 e. The van der Waals surface area contributed by atoms with Crippen LogP contribution in [0.15, 0.2) is 36.5 Å². The molecular weight excluding hydrogens is 301 g/mol. The van der Waals surface area contributed by atoms with Gasteiger partial charge in [0.2, 0.25) is 5.91 Å². The molecule has 2 amide bonds. The standard InChI is InChI=1S/C13H9Cl2N3O2/c14-7-3-4-17-11(5-7)13(20)18-8-1-2-9(12(16)19)10(15)6-8/h1-6H,(H2,16,19)(H,18,20). The summed E-state index contributed by atoms with van der Waals surface area (Å²) >= 11 is 11.7. The van der Waals surface area contributed by atoms with Gasteiger partial charge in [0.25, 0.3) is 5.91 Å². The normalized spacial score (nSPS) is 10.1. The molecule has 1 heterocycles. The smallest absolute Gasteiger partial charge is 0.274 e. The van der Waals surface area contributed by atoms with Gasteiger partial charge in [-0.2, -0.15) is 0 Å². The topological polar surface area (TPSA) is 85.1 Å². The summed E-state index contributed by atoms with van der Waals surface area (Å²) in [5.74, 6) is -1.07. The molecule has 0 saturated heterocycles. The van der Waals surface area contributed by atoms with Crippen LogP contribution in [0.5, 0.6) is 0 Å². The van der Waals surface area contributed by atoms with E-state index in [2.05, 4.69) is 10.3 Å². The lowest BCUT2D eigenvalue weighted by molar-refractivity contribution is 0.0998. The molecule has 0 radical (unpaired) electrons. The number of hydrogen-bond donors (Lipinski definition) is 2. The average Bonchev–Trinajstić information content (AvgIpc) is 2.38. The first-order chi connectivity index (χ1) is 9.47. The Morgan fingerprint density at radius 3 is 2.50 bits per heavy atom. The number of pyridine rings is 1. The number of carbonyl (C=O) groups is 2. The lowest BCUT2D eigenvalue weighted by Crippen LogP contribution is -2.15. The minimum absolute atomic E-state index is 0.161. The number of nitrogens with zero attached hydrogens (tertiary/aromatic N) is 1. The van der Waals surface area contributed by atoms with Crippen LogP contribution in [-0.4, -0.2) is 16.8 Å². The molecule has 0 aliphatic carbocycles. The van der Waals surface area contributed by atoms with Crippen LogP contribution in [-0.2, 0) is 0 Å². The summed E-state index contributed by atoms with van der Waals surface area (Å²) in [6.07, 6.45) is 1.43. The van der Waals surface area contributed by atoms with Crippen molar-refractivity contribution in [3.63, 3.8) is 0 Å². The molecule has 7 heteroatoms. The summed E-state index contributed by atoms with van der Waals surface area (Å²) < 4.78 is 0. The summed E-state index contributed by atoms with van der Waals surface area (Å²) in [6.45, 7) is 0. The number of benzene rings is 1. The van der Waals surface area contributed by atoms with Gasteiger partial charge < -0.3 is 11.1 Å². The maximum atomic E-state index is 11.9. The number of halogens is 2. The van der Waals surface area contributed by atoms with Crippen LogP contribution in [0.25, 0.3) is 0 Å². The van der Waals surface area contributed by atoms with Gasteiger partial charge in [0.05, 0.1) is 10.6 Å². The highest BCUT2D eigenvalue weighted by atomic mass is 35.5. The largest absolute Gasteiger partial charge is 0.366 e. The minimum atomic E-state index is -0.635. The van der Waals surface area contributed by atoms with Crippen molar-refractivity contribution in [1.29, 1.82) is 0 Å². The number of primary amides is 1. The number of nitrogens with two attached hydrogens (primary N) is 1. The van der Waals surface area contributed by atoms with Crippen molar-refractivity contribution in [3.8, 4) is 0 Å². The molecule has 5 nitrogen and oxygen atoms in total. The second-order valence-corrected chi connectivity index (χ2v) is 4.72. The Morgan fingerprint density at radius 2 is 1.90 bits per heavy atom. The maximum absolute atomic E-state index is 11.9. The van der Waals surface area contributed by atoms with Gasteiger partial charge in [-0.05, 0) is 30.3 Å². The predicted octanol–water partition coefficient (Wildman–Crippen LogP) is 2.74. The van der Waals surface area contributed by atoms with E-state index >= 15 is 0 Å². The molecule has 102 valence electrons. The SMILES string of the molecule is NC(=O)c1ccc(NC(=O)c2cc(Cl)ccn2)cc1Cl. The van der Waals surface area contributed by atoms with Crippen molar-refractivity contribution >= 4 is 40.7 Å². The third-order valence-electron chi connectivity index (χ3n) is 2.45. The highest BCUT2D eigenvalue weighted by Gasteiger charge is 2.11. The van der Waals surface area contributed by atoms with Crippen molar-refractivity contribution in [2.24, 2.45) is 5.73 Å². The van der Waals surface area contributed by atoms with Gasteiger partial charge in [-0.15, -0.1) is 0 Å². The van der Waals surface area contributed by atoms with E-state index in [1.807, 2.05) is 0 Å². The van der Waals surface area contributed by atoms with Gasteiger partial charge in [0.15, 0.2) is 0 Å². The Morgan fingerprint density at radius 1 is 1.15 bits per heavy atom. The molecule has 0 saturated carbocycles. The first-order valence-corrected chi connectivity index (χ1v) is 6.25. The number of aromatic nitrogens is 1. The monoisotopic (exact) mass is 309 g/mol. The van der Waals surface area contributed by atoms with E-state index in [4.69, 9.17) is 28.9 Å². The highest BCUT2D eigenvalue weighted by Crippen LogP contribution is 2.21. The number of rotatable bonds is 3. The van der Waals surface area contributed by atoms with Crippen LogP contribution in [0, 0.1) is 0 Å². The zero-order valence-corrected chi connectivity index (χ0v) is 11.6. The van der Waals surface area contributed by atoms with Crippen molar-refractivity contribution in [3.05, 3.63) is 57.8 Å². The number of anilines is 1. The average molecular weight is 310 g/mol. The molecule has 2 rings (SSSR count). The summed E-state index contributed by atoms with van der Waals surface area (Å²) in [5.41, 5.74) is 5.92. The van der Waals surface area contributed by atoms with E-state index in [1.165, 1.54) is 30.5 Å². The fraction of sp³-hybridized carbons (Fsp3) is 0. The third-order valence-corrected chi connectivity index (χ3v) is 2.99. The number of carbonyl (C=O) groups excluding carboxylic acids is 2. The van der Waals surface area contributed by atoms with E-state index in [9.17, 15) is 9.59 Å². The Hall–Kier alpha value is -2.11. The van der Waals surface area contributed by atoms with Crippen molar-refractivity contribution in [2.45, 2.75) is 0 Å². The molecule has 1 aromatic carbocycles. The van der Waals surface area contributed by atoms with Crippen molar-refractivity contribution in [2.75, 3.05) is 5.32 Å². The highest BCUT2D eigenvalue weighted by molar-refractivity contribution is 6.34. The summed E-state index contributed by atoms with van der Waals surface area (Å²) in [5, 5.41) is 3.17. The summed E-state index contributed by atoms with van der Waals surface area (Å²) in [7, 11) is 0. The molecule has 20 heavy (non-hydrogen) atoms. The second kappa shape index (κ2) is 5.90. The fourth-order valence-electron chi connectivity index (χ4n) is 1.52. The molecular formula is C13H9Cl2N3O2. The molecule has 0 bridgehead atoms. The Bertz CT molecular complexity index is 689. The summed E-state index contributed by atoms with van der Waals surface area (Å²) in [4.78, 5) is 26.9. The van der Waals surface area contributed by atoms with Crippen LogP contribution in [0.3, 0.4) is 0 Å². The Labute approximate surface area is 124 Å². The molecule has 0 fully saturated rings. The molecule has 0 spiro atoms. The predicted molar refractivity (Wildman–Crippen MR) is 77.2 cm³/mol. The lowest BCUT2D eigenvalue weighted by atomic mass is 10.2. The minimum Gasteiger partial charge on any atom is -0.366 e. The van der Waals surface area contributed by atoms with Gasteiger partial charge in [-0.3, -0.25) is 14.6 Å². The molecule has 2 aromatic rings. The van der Waals surface area contributed by atoms with Crippen molar-refractivity contribution < 1.29 is 9.59 Å². The van der Waals surface area contributed by atoms with E-state index in [0.717, 1.165) is 0 Å². The fourth-order valence-corrected chi connectivity index (χ4v) is 1.95. The van der Waals surface area contributed by atoms with Gasteiger partial charge in [-0.1, -0.05) is 23.2 Å². The van der Waals surface area contributed by atoms with Crippen molar-refractivity contribution in [1.82, 2.24) is 4.98 Å². The van der Waals surface area contributed by atoms with E-state index in [1.54, 1.807) is 6.07 Å². The first-order valence-electron chi connectivity index (χ1n) is 5.49. The van der Waals surface area contributed by atoms with Crippen LogP contribution in [0.1, 0.15) is 20.8 Å². The molecule has 1 aromatic heterocycles. The first kappa shape index (κ1) is 14.3. The molecule has 0 aliphatic rings. The van der Waals surface area contributed by atoms with E-state index in [0.29, 0.717) is 10.7 Å². The van der Waals surface area contributed by atoms with Crippen LogP contribution in [0.2, 0.25) is 10.0 Å². The van der Waals surface area contributed by atoms with Crippen LogP contribution < -0.4 is 11.1 Å². The summed E-state index contributed by atoms with van der Waals surface area (Å²) in [6, 6.07) is 7.40. The molecule has 0 unspecified atom stereocenters. The lowest BCUT2D eigenvalue weighted by Gasteiger charge is -2.07. The number of amides is 2. The zero-order valence-electron chi connectivity index (χ0n) is 10.1. The van der Waals surface area contributed by atoms with Gasteiger partial charge in [-0.25, -0.2) is 0 Å². The van der Waals surface area contributed by atoms with Gasteiger partial charge in [0.1, 0.15) is 5.69 Å². The Kier molecular flexibility index (Phi) is 4.22. The number of hydrogen-bond acceptors (Lipinski definition) is 3. The zero-order chi connectivity index (χ0) is 14.7. The third kappa shape index (κ3) is 3.26.